The molecular formula is C17H18FN3O2. The summed E-state index contributed by atoms with van der Waals surface area (Å²) in [5.41, 5.74) is -0.592. The Morgan fingerprint density at radius 1 is 1.26 bits per heavy atom. The van der Waals surface area contributed by atoms with Crippen LogP contribution in [0.4, 0.5) is 10.3 Å². The maximum Gasteiger partial charge on any atom is 0.311 e. The van der Waals surface area contributed by atoms with Crippen LogP contribution < -0.4 is 4.90 Å². The Balaban J connectivity index is 1.89. The van der Waals surface area contributed by atoms with Gasteiger partial charge in [0.15, 0.2) is 0 Å². The van der Waals surface area contributed by atoms with Crippen LogP contribution in [0.1, 0.15) is 18.4 Å². The smallest absolute Gasteiger partial charge is 0.311 e. The first-order valence-electron chi connectivity index (χ1n) is 7.59. The van der Waals surface area contributed by atoms with Gasteiger partial charge in [-0.05, 0) is 37.0 Å². The first kappa shape index (κ1) is 15.4. The molecular weight excluding hydrogens is 297 g/mol. The van der Waals surface area contributed by atoms with Gasteiger partial charge in [-0.2, -0.15) is 0 Å². The molecule has 1 aromatic heterocycles. The van der Waals surface area contributed by atoms with Gasteiger partial charge in [0, 0.05) is 25.5 Å². The van der Waals surface area contributed by atoms with E-state index in [1.807, 2.05) is 4.90 Å². The number of carbonyl (C=O) groups is 1. The average molecular weight is 315 g/mol. The highest BCUT2D eigenvalue weighted by atomic mass is 19.1. The number of carboxylic acids is 1. The van der Waals surface area contributed by atoms with Gasteiger partial charge < -0.3 is 10.0 Å². The summed E-state index contributed by atoms with van der Waals surface area (Å²) in [7, 11) is 0. The lowest BCUT2D eigenvalue weighted by atomic mass is 9.75. The molecule has 5 nitrogen and oxygen atoms in total. The van der Waals surface area contributed by atoms with Crippen LogP contribution in [0.3, 0.4) is 0 Å². The number of piperidine rings is 1. The Morgan fingerprint density at radius 3 is 2.70 bits per heavy atom. The number of aliphatic carboxylic acids is 1. The summed E-state index contributed by atoms with van der Waals surface area (Å²) in [5.74, 6) is -0.742. The minimum Gasteiger partial charge on any atom is -0.481 e. The van der Waals surface area contributed by atoms with Gasteiger partial charge in [-0.25, -0.2) is 14.4 Å². The maximum absolute atomic E-state index is 14.0. The fourth-order valence-corrected chi connectivity index (χ4v) is 3.16. The van der Waals surface area contributed by atoms with E-state index in [1.54, 1.807) is 36.7 Å². The highest BCUT2D eigenvalue weighted by Gasteiger charge is 2.43. The van der Waals surface area contributed by atoms with Crippen LogP contribution in [-0.4, -0.2) is 34.1 Å². The minimum atomic E-state index is -1.03. The Bertz CT molecular complexity index is 695. The molecule has 0 saturated carbocycles. The van der Waals surface area contributed by atoms with Gasteiger partial charge in [0.2, 0.25) is 5.95 Å². The van der Waals surface area contributed by atoms with E-state index < -0.39 is 11.4 Å². The van der Waals surface area contributed by atoms with Crippen LogP contribution >= 0.6 is 0 Å². The molecule has 2 heterocycles. The lowest BCUT2D eigenvalue weighted by Gasteiger charge is -2.40. The van der Waals surface area contributed by atoms with Gasteiger partial charge in [0.1, 0.15) is 5.82 Å². The lowest BCUT2D eigenvalue weighted by Crippen LogP contribution is -2.49. The predicted molar refractivity (Wildman–Crippen MR) is 83.7 cm³/mol. The molecule has 0 aliphatic carbocycles. The monoisotopic (exact) mass is 315 g/mol. The molecule has 0 bridgehead atoms. The van der Waals surface area contributed by atoms with E-state index in [2.05, 4.69) is 9.97 Å². The summed E-state index contributed by atoms with van der Waals surface area (Å²) in [5, 5.41) is 9.82. The molecule has 1 fully saturated rings. The Hall–Kier alpha value is -2.50. The summed E-state index contributed by atoms with van der Waals surface area (Å²) in [4.78, 5) is 22.3. The van der Waals surface area contributed by atoms with Crippen LogP contribution in [0.25, 0.3) is 0 Å². The molecule has 23 heavy (non-hydrogen) atoms. The molecule has 0 radical (unpaired) electrons. The number of aromatic nitrogens is 2. The molecule has 1 aromatic carbocycles. The van der Waals surface area contributed by atoms with Crippen LogP contribution in [0.5, 0.6) is 0 Å². The van der Waals surface area contributed by atoms with Gasteiger partial charge in [0.05, 0.1) is 5.41 Å². The van der Waals surface area contributed by atoms with Gasteiger partial charge in [-0.15, -0.1) is 0 Å². The number of rotatable bonds is 4. The van der Waals surface area contributed by atoms with Crippen LogP contribution in [-0.2, 0) is 11.2 Å². The SMILES string of the molecule is O=C(O)C1(Cc2ccccc2F)CCCN(c2ncccn2)C1. The molecule has 0 amide bonds. The van der Waals surface area contributed by atoms with Gasteiger partial charge in [0.25, 0.3) is 0 Å². The van der Waals surface area contributed by atoms with Crippen molar-refractivity contribution in [2.45, 2.75) is 19.3 Å². The van der Waals surface area contributed by atoms with Crippen molar-refractivity contribution in [3.05, 3.63) is 54.1 Å². The van der Waals surface area contributed by atoms with Crippen LogP contribution in [0.15, 0.2) is 42.7 Å². The van der Waals surface area contributed by atoms with Crippen molar-refractivity contribution < 1.29 is 14.3 Å². The highest BCUT2D eigenvalue weighted by molar-refractivity contribution is 5.76. The van der Waals surface area contributed by atoms with E-state index in [-0.39, 0.29) is 18.8 Å². The average Bonchev–Trinajstić information content (AvgIpc) is 2.58. The fraction of sp³-hybridized carbons (Fsp3) is 0.353. The number of hydrogen-bond donors (Lipinski definition) is 1. The summed E-state index contributed by atoms with van der Waals surface area (Å²) in [6, 6.07) is 8.08. The number of hydrogen-bond acceptors (Lipinski definition) is 4. The van der Waals surface area contributed by atoms with Gasteiger partial charge in [-0.1, -0.05) is 18.2 Å². The summed E-state index contributed by atoms with van der Waals surface area (Å²) in [6.07, 6.45) is 4.66. The Kier molecular flexibility index (Phi) is 4.23. The quantitative estimate of drug-likeness (QED) is 0.939. The van der Waals surface area contributed by atoms with E-state index in [0.29, 0.717) is 30.9 Å². The molecule has 1 unspecified atom stereocenters. The highest BCUT2D eigenvalue weighted by Crippen LogP contribution is 2.35. The molecule has 2 aromatic rings. The summed E-state index contributed by atoms with van der Waals surface area (Å²) >= 11 is 0. The molecule has 1 saturated heterocycles. The number of benzene rings is 1. The predicted octanol–water partition coefficient (Wildman–Crippen LogP) is 2.53. The van der Waals surface area contributed by atoms with Crippen molar-refractivity contribution in [3.8, 4) is 0 Å². The lowest BCUT2D eigenvalue weighted by molar-refractivity contribution is -0.149. The van der Waals surface area contributed by atoms with Crippen LogP contribution in [0.2, 0.25) is 0 Å². The molecule has 1 aliphatic rings. The Labute approximate surface area is 133 Å². The molecule has 3 rings (SSSR count). The summed E-state index contributed by atoms with van der Waals surface area (Å²) < 4.78 is 14.0. The van der Waals surface area contributed by atoms with Gasteiger partial charge in [-0.3, -0.25) is 4.79 Å². The zero-order valence-electron chi connectivity index (χ0n) is 12.7. The zero-order valence-corrected chi connectivity index (χ0v) is 12.7. The number of carboxylic acid groups (broad SMARTS) is 1. The molecule has 1 aliphatic heterocycles. The maximum atomic E-state index is 14.0. The largest absolute Gasteiger partial charge is 0.481 e. The third-order valence-electron chi connectivity index (χ3n) is 4.35. The van der Waals surface area contributed by atoms with Crippen molar-refractivity contribution in [1.82, 2.24) is 9.97 Å². The summed E-state index contributed by atoms with van der Waals surface area (Å²) in [6.45, 7) is 0.983. The van der Waals surface area contributed by atoms with Crippen molar-refractivity contribution in [1.29, 1.82) is 0 Å². The topological polar surface area (TPSA) is 66.3 Å². The second kappa shape index (κ2) is 6.32. The second-order valence-electron chi connectivity index (χ2n) is 5.93. The molecule has 0 spiro atoms. The number of anilines is 1. The number of nitrogens with zero attached hydrogens (tertiary/aromatic N) is 3. The van der Waals surface area contributed by atoms with E-state index in [0.717, 1.165) is 0 Å². The van der Waals surface area contributed by atoms with Gasteiger partial charge >= 0.3 is 5.97 Å². The zero-order chi connectivity index (χ0) is 16.3. The van der Waals surface area contributed by atoms with Crippen molar-refractivity contribution >= 4 is 11.9 Å². The third kappa shape index (κ3) is 3.16. The first-order valence-corrected chi connectivity index (χ1v) is 7.59. The van der Waals surface area contributed by atoms with E-state index >= 15 is 0 Å². The molecule has 6 heteroatoms. The molecule has 120 valence electrons. The Morgan fingerprint density at radius 2 is 2.00 bits per heavy atom. The first-order chi connectivity index (χ1) is 11.1. The van der Waals surface area contributed by atoms with E-state index in [4.69, 9.17) is 0 Å². The van der Waals surface area contributed by atoms with Crippen molar-refractivity contribution in [3.63, 3.8) is 0 Å². The normalized spacial score (nSPS) is 21.2. The van der Waals surface area contributed by atoms with E-state index in [1.165, 1.54) is 6.07 Å². The van der Waals surface area contributed by atoms with E-state index in [9.17, 15) is 14.3 Å². The second-order valence-corrected chi connectivity index (χ2v) is 5.93. The molecule has 1 atom stereocenters. The van der Waals surface area contributed by atoms with Crippen LogP contribution in [0, 0.1) is 11.2 Å². The standard InChI is InChI=1S/C17H18FN3O2/c18-14-6-2-1-5-13(14)11-17(15(22)23)7-3-10-21(12-17)16-19-8-4-9-20-16/h1-2,4-6,8-9H,3,7,10-12H2,(H,22,23). The molecule has 1 N–H and O–H groups in total. The third-order valence-corrected chi connectivity index (χ3v) is 4.35. The van der Waals surface area contributed by atoms with Crippen molar-refractivity contribution in [2.24, 2.45) is 5.41 Å². The fourth-order valence-electron chi connectivity index (χ4n) is 3.16. The minimum absolute atomic E-state index is 0.165. The van der Waals surface area contributed by atoms with Crippen molar-refractivity contribution in [2.75, 3.05) is 18.0 Å². The number of halogens is 1.